The van der Waals surface area contributed by atoms with Gasteiger partial charge in [0.15, 0.2) is 12.8 Å². The molecule has 0 aromatic heterocycles. The van der Waals surface area contributed by atoms with Crippen molar-refractivity contribution in [3.8, 4) is 0 Å². The van der Waals surface area contributed by atoms with E-state index >= 15 is 0 Å². The molecule has 6 nitrogen and oxygen atoms in total. The Bertz CT molecular complexity index is 336. The fraction of sp³-hybridized carbons (Fsp3) is 0.733. The van der Waals surface area contributed by atoms with Gasteiger partial charge in [-0.05, 0) is 39.5 Å². The first-order valence-corrected chi connectivity index (χ1v) is 7.35. The minimum Gasteiger partial charge on any atom is -0.544 e. The third-order valence-corrected chi connectivity index (χ3v) is 4.24. The van der Waals surface area contributed by atoms with Gasteiger partial charge in [-0.25, -0.2) is 4.79 Å². The molecular weight excluding hydrogens is 274 g/mol. The molecule has 0 saturated carbocycles. The van der Waals surface area contributed by atoms with Gasteiger partial charge in [-0.2, -0.15) is 0 Å². The number of carbonyl (C=O) groups is 2. The highest BCUT2D eigenvalue weighted by Crippen LogP contribution is 2.21. The summed E-state index contributed by atoms with van der Waals surface area (Å²) >= 11 is 0. The predicted molar refractivity (Wildman–Crippen MR) is 77.1 cm³/mol. The van der Waals surface area contributed by atoms with Crippen molar-refractivity contribution in [3.05, 3.63) is 12.7 Å². The lowest BCUT2D eigenvalue weighted by Gasteiger charge is -2.45. The van der Waals surface area contributed by atoms with E-state index in [2.05, 4.69) is 6.58 Å². The molecule has 122 valence electrons. The van der Waals surface area contributed by atoms with Crippen LogP contribution in [0.25, 0.3) is 0 Å². The predicted octanol–water partition coefficient (Wildman–Crippen LogP) is 0.501. The minimum atomic E-state index is -1.34. The molecule has 3 unspecified atom stereocenters. The standard InChI is InChI=1S/C15H27NO5/c1-4-5-6-7-8-9-10-16(11-17,12(2)14(18)19)13(3)15(20)21/h4,12-13,17H,1,5-11H2,2-3H3,(H-,18,19,20,21). The van der Waals surface area contributed by atoms with Gasteiger partial charge in [-0.1, -0.05) is 12.5 Å². The molecule has 0 radical (unpaired) electrons. The lowest BCUT2D eigenvalue weighted by Crippen LogP contribution is -2.67. The van der Waals surface area contributed by atoms with E-state index in [4.69, 9.17) is 0 Å². The van der Waals surface area contributed by atoms with Gasteiger partial charge >= 0.3 is 5.97 Å². The van der Waals surface area contributed by atoms with E-state index in [0.29, 0.717) is 13.0 Å². The Balaban J connectivity index is 4.83. The Morgan fingerprint density at radius 1 is 1.19 bits per heavy atom. The molecule has 6 heteroatoms. The van der Waals surface area contributed by atoms with Crippen LogP contribution in [0.4, 0.5) is 0 Å². The zero-order valence-corrected chi connectivity index (χ0v) is 13.0. The van der Waals surface area contributed by atoms with E-state index in [0.717, 1.165) is 25.7 Å². The van der Waals surface area contributed by atoms with Crippen LogP contribution in [-0.4, -0.2) is 52.0 Å². The SMILES string of the molecule is C=CCCCCCC[N+](CO)(C(C)C(=O)[O-])C(C)C(=O)O. The second-order valence-corrected chi connectivity index (χ2v) is 5.47. The smallest absolute Gasteiger partial charge is 0.362 e. The number of rotatable bonds is 12. The van der Waals surface area contributed by atoms with Crippen LogP contribution in [0.1, 0.15) is 46.0 Å². The Morgan fingerprint density at radius 2 is 1.76 bits per heavy atom. The van der Waals surface area contributed by atoms with Crippen molar-refractivity contribution in [2.75, 3.05) is 13.3 Å². The van der Waals surface area contributed by atoms with Gasteiger partial charge < -0.3 is 20.1 Å². The second kappa shape index (κ2) is 9.52. The number of carboxylic acids is 2. The fourth-order valence-corrected chi connectivity index (χ4v) is 2.52. The topological polar surface area (TPSA) is 97.7 Å². The van der Waals surface area contributed by atoms with Crippen molar-refractivity contribution in [2.45, 2.75) is 58.0 Å². The number of carbonyl (C=O) groups excluding carboxylic acids is 1. The molecule has 0 bridgehead atoms. The lowest BCUT2D eigenvalue weighted by atomic mass is 10.1. The van der Waals surface area contributed by atoms with Crippen LogP contribution in [-0.2, 0) is 9.59 Å². The van der Waals surface area contributed by atoms with E-state index in [1.54, 1.807) is 0 Å². The van der Waals surface area contributed by atoms with E-state index in [9.17, 15) is 24.9 Å². The molecule has 21 heavy (non-hydrogen) atoms. The van der Waals surface area contributed by atoms with Gasteiger partial charge in [0.25, 0.3) is 0 Å². The van der Waals surface area contributed by atoms with Gasteiger partial charge in [0.1, 0.15) is 6.04 Å². The summed E-state index contributed by atoms with van der Waals surface area (Å²) in [6.07, 6.45) is 6.28. The highest BCUT2D eigenvalue weighted by molar-refractivity contribution is 5.73. The molecule has 0 fully saturated rings. The van der Waals surface area contributed by atoms with Gasteiger partial charge in [0, 0.05) is 0 Å². The summed E-state index contributed by atoms with van der Waals surface area (Å²) in [5.74, 6) is -2.47. The molecule has 3 atom stereocenters. The van der Waals surface area contributed by atoms with Crippen LogP contribution in [0.3, 0.4) is 0 Å². The zero-order valence-electron chi connectivity index (χ0n) is 13.0. The molecule has 0 heterocycles. The number of carboxylic acid groups (broad SMARTS) is 2. The molecule has 0 aromatic rings. The number of aliphatic hydroxyl groups excluding tert-OH is 1. The van der Waals surface area contributed by atoms with E-state index in [1.807, 2.05) is 6.08 Å². The third kappa shape index (κ3) is 5.47. The average molecular weight is 301 g/mol. The number of allylic oxidation sites excluding steroid dienone is 1. The number of aliphatic carboxylic acids is 2. The largest absolute Gasteiger partial charge is 0.544 e. The molecule has 0 aliphatic heterocycles. The summed E-state index contributed by atoms with van der Waals surface area (Å²) in [5, 5.41) is 30.0. The first kappa shape index (κ1) is 19.6. The summed E-state index contributed by atoms with van der Waals surface area (Å²) in [7, 11) is 0. The van der Waals surface area contributed by atoms with Crippen molar-refractivity contribution >= 4 is 11.9 Å². The Kier molecular flexibility index (Phi) is 8.89. The molecule has 0 rings (SSSR count). The monoisotopic (exact) mass is 301 g/mol. The molecule has 0 amide bonds. The fourth-order valence-electron chi connectivity index (χ4n) is 2.52. The number of hydrogen-bond donors (Lipinski definition) is 2. The summed E-state index contributed by atoms with van der Waals surface area (Å²) in [5.41, 5.74) is 0. The van der Waals surface area contributed by atoms with Crippen LogP contribution in [0.15, 0.2) is 12.7 Å². The maximum absolute atomic E-state index is 11.3. The molecule has 0 aliphatic carbocycles. The van der Waals surface area contributed by atoms with Crippen LogP contribution >= 0.6 is 0 Å². The second-order valence-electron chi connectivity index (χ2n) is 5.47. The molecule has 0 saturated heterocycles. The highest BCUT2D eigenvalue weighted by atomic mass is 16.4. The molecule has 2 N–H and O–H groups in total. The summed E-state index contributed by atoms with van der Waals surface area (Å²) in [4.78, 5) is 22.4. The van der Waals surface area contributed by atoms with Crippen LogP contribution in [0.2, 0.25) is 0 Å². The first-order chi connectivity index (χ1) is 9.83. The van der Waals surface area contributed by atoms with E-state index in [-0.39, 0.29) is 0 Å². The number of hydrogen-bond acceptors (Lipinski definition) is 4. The zero-order chi connectivity index (χ0) is 16.5. The van der Waals surface area contributed by atoms with Crippen molar-refractivity contribution in [1.82, 2.24) is 0 Å². The first-order valence-electron chi connectivity index (χ1n) is 7.35. The maximum atomic E-state index is 11.3. The number of quaternary nitrogens is 1. The molecule has 0 aromatic carbocycles. The van der Waals surface area contributed by atoms with Gasteiger partial charge in [-0.15, -0.1) is 6.58 Å². The van der Waals surface area contributed by atoms with Crippen molar-refractivity contribution in [2.24, 2.45) is 0 Å². The summed E-state index contributed by atoms with van der Waals surface area (Å²) < 4.78 is -0.404. The van der Waals surface area contributed by atoms with Gasteiger partial charge in [-0.3, -0.25) is 4.48 Å². The normalized spacial score (nSPS) is 16.7. The Morgan fingerprint density at radius 3 is 2.19 bits per heavy atom. The van der Waals surface area contributed by atoms with Crippen LogP contribution < -0.4 is 5.11 Å². The van der Waals surface area contributed by atoms with E-state index < -0.39 is 35.2 Å². The van der Waals surface area contributed by atoms with Crippen LogP contribution in [0.5, 0.6) is 0 Å². The van der Waals surface area contributed by atoms with Crippen molar-refractivity contribution in [1.29, 1.82) is 0 Å². The number of nitrogens with zero attached hydrogens (tertiary/aromatic N) is 1. The van der Waals surface area contributed by atoms with Gasteiger partial charge in [0.05, 0.1) is 12.5 Å². The maximum Gasteiger partial charge on any atom is 0.362 e. The molecular formula is C15H27NO5. The van der Waals surface area contributed by atoms with Crippen molar-refractivity contribution in [3.63, 3.8) is 0 Å². The third-order valence-electron chi connectivity index (χ3n) is 4.24. The minimum absolute atomic E-state index is 0.299. The average Bonchev–Trinajstić information content (AvgIpc) is 2.45. The lowest BCUT2D eigenvalue weighted by molar-refractivity contribution is -0.972. The quantitative estimate of drug-likeness (QED) is 0.237. The van der Waals surface area contributed by atoms with E-state index in [1.165, 1.54) is 13.8 Å². The van der Waals surface area contributed by atoms with Crippen molar-refractivity contribution < 1.29 is 29.4 Å². The Labute approximate surface area is 126 Å². The summed E-state index contributed by atoms with van der Waals surface area (Å²) in [6, 6.07) is -2.08. The van der Waals surface area contributed by atoms with Crippen LogP contribution in [0, 0.1) is 0 Å². The highest BCUT2D eigenvalue weighted by Gasteiger charge is 2.43. The summed E-state index contributed by atoms with van der Waals surface area (Å²) in [6.45, 7) is 6.23. The Hall–Kier alpha value is -1.40. The van der Waals surface area contributed by atoms with Gasteiger partial charge in [0.2, 0.25) is 0 Å². The number of aliphatic hydroxyl groups is 1. The molecule has 0 aliphatic rings. The molecule has 0 spiro atoms. The number of unbranched alkanes of at least 4 members (excludes halogenated alkanes) is 4.